The summed E-state index contributed by atoms with van der Waals surface area (Å²) in [7, 11) is -2.11. The van der Waals surface area contributed by atoms with Crippen LogP contribution in [-0.4, -0.2) is 93.0 Å². The van der Waals surface area contributed by atoms with Gasteiger partial charge in [0.1, 0.15) is 22.4 Å². The van der Waals surface area contributed by atoms with E-state index in [-0.39, 0.29) is 51.9 Å². The lowest BCUT2D eigenvalue weighted by atomic mass is 10.0. The highest BCUT2D eigenvalue weighted by Gasteiger charge is 2.32. The summed E-state index contributed by atoms with van der Waals surface area (Å²) < 4.78 is 38.5. The van der Waals surface area contributed by atoms with E-state index in [1.807, 2.05) is 80.6 Å². The van der Waals surface area contributed by atoms with Gasteiger partial charge < -0.3 is 25.0 Å². The van der Waals surface area contributed by atoms with E-state index in [1.54, 1.807) is 58.2 Å². The monoisotopic (exact) mass is 1070 g/mol. The van der Waals surface area contributed by atoms with E-state index in [9.17, 15) is 13.2 Å². The zero-order valence-electron chi connectivity index (χ0n) is 38.8. The Kier molecular flexibility index (Phi) is 17.5. The molecule has 6 aromatic carbocycles. The zero-order valence-corrected chi connectivity index (χ0v) is 42.6. The molecule has 9 rings (SSSR count). The summed E-state index contributed by atoms with van der Waals surface area (Å²) in [5.74, 6) is 1.42. The van der Waals surface area contributed by atoms with Gasteiger partial charge in [-0.05, 0) is 142 Å². The number of nitrogens with zero attached hydrogens (tertiary/aromatic N) is 8. The van der Waals surface area contributed by atoms with E-state index in [4.69, 9.17) is 55.9 Å². The standard InChI is InChI=1S/C29H30Cl2N6O4S.C21H16Cl2N4O.2CH4/c1-18-16-19(25-22(30)6-5-7-23(25)31)17-24-26(18)33-27(35-34-24)32-20-8-10-21(11-9-20)42(39,40)37-14-12-36(13-15-37)28(38)41-29(2,3)4;1-12-9-13(19-16(22)7-4-8-17(19)23)10-18-20(12)25-21(27-26-18)24-14-5-3-6-15(11-14)28-2;;/h5-11,16-17H,12-15H2,1-4H3,(H,32,33,35);3-11H,1-2H3,(H,24,25,27);2*1H4. The number of aromatic nitrogens is 6. The fourth-order valence-corrected chi connectivity index (χ4v) is 10.3. The molecule has 1 fully saturated rings. The number of methoxy groups -OCH3 is 1. The predicted octanol–water partition coefficient (Wildman–Crippen LogP) is 13.6. The van der Waals surface area contributed by atoms with Crippen LogP contribution in [0.3, 0.4) is 0 Å². The molecule has 0 aliphatic carbocycles. The second-order valence-electron chi connectivity index (χ2n) is 17.2. The summed E-state index contributed by atoms with van der Waals surface area (Å²) >= 11 is 25.5. The smallest absolute Gasteiger partial charge is 0.410 e. The van der Waals surface area contributed by atoms with Gasteiger partial charge in [-0.15, -0.1) is 20.4 Å². The van der Waals surface area contributed by atoms with Crippen LogP contribution in [0, 0.1) is 13.8 Å². The van der Waals surface area contributed by atoms with Crippen molar-refractivity contribution in [1.29, 1.82) is 0 Å². The Bertz CT molecular complexity index is 3330. The average Bonchev–Trinajstić information content (AvgIpc) is 3.32. The van der Waals surface area contributed by atoms with Crippen molar-refractivity contribution >= 4 is 108 Å². The van der Waals surface area contributed by atoms with Gasteiger partial charge in [0, 0.05) is 74.8 Å². The number of amides is 1. The number of carbonyl (C=O) groups is 1. The molecule has 3 heterocycles. The number of sulfonamides is 1. The normalized spacial score (nSPS) is 12.8. The maximum atomic E-state index is 13.2. The molecule has 2 aromatic heterocycles. The molecule has 0 unspecified atom stereocenters. The summed E-state index contributed by atoms with van der Waals surface area (Å²) in [4.78, 5) is 23.2. The Balaban J connectivity index is 0.000000246. The van der Waals surface area contributed by atoms with Gasteiger partial charge in [-0.25, -0.2) is 23.2 Å². The van der Waals surface area contributed by atoms with Crippen LogP contribution < -0.4 is 15.4 Å². The Morgan fingerprint density at radius 3 is 1.53 bits per heavy atom. The van der Waals surface area contributed by atoms with E-state index >= 15 is 0 Å². The van der Waals surface area contributed by atoms with Gasteiger partial charge >= 0.3 is 6.09 Å². The lowest BCUT2D eigenvalue weighted by molar-refractivity contribution is 0.0192. The predicted molar refractivity (Wildman–Crippen MR) is 291 cm³/mol. The fraction of sp³-hybridized carbons (Fsp3) is 0.250. The number of nitrogens with one attached hydrogen (secondary N) is 2. The first-order valence-corrected chi connectivity index (χ1v) is 24.8. The van der Waals surface area contributed by atoms with Crippen molar-refractivity contribution in [2.75, 3.05) is 43.9 Å². The Labute approximate surface area is 439 Å². The van der Waals surface area contributed by atoms with E-state index in [1.165, 1.54) is 21.3 Å². The van der Waals surface area contributed by atoms with Crippen LogP contribution in [0.5, 0.6) is 5.75 Å². The van der Waals surface area contributed by atoms with Gasteiger partial charge in [0.15, 0.2) is 0 Å². The minimum absolute atomic E-state index is 0. The highest BCUT2D eigenvalue weighted by Crippen LogP contribution is 2.38. The van der Waals surface area contributed by atoms with E-state index in [0.717, 1.165) is 50.3 Å². The number of benzene rings is 6. The van der Waals surface area contributed by atoms with Gasteiger partial charge in [-0.1, -0.05) is 79.5 Å². The Hall–Kier alpha value is -6.40. The lowest BCUT2D eigenvalue weighted by Crippen LogP contribution is -2.51. The summed E-state index contributed by atoms with van der Waals surface area (Å²) in [6.07, 6.45) is -0.444. The fourth-order valence-electron chi connectivity index (χ4n) is 7.62. The minimum Gasteiger partial charge on any atom is -0.497 e. The number of piperazine rings is 1. The van der Waals surface area contributed by atoms with Crippen molar-refractivity contribution in [3.8, 4) is 28.0 Å². The molecular weight excluding hydrogens is 1020 g/mol. The first-order valence-electron chi connectivity index (χ1n) is 21.8. The molecule has 1 aliphatic heterocycles. The van der Waals surface area contributed by atoms with Crippen molar-refractivity contribution in [2.45, 2.75) is 60.0 Å². The third-order valence-corrected chi connectivity index (χ3v) is 14.1. The third-order valence-electron chi connectivity index (χ3n) is 11.0. The van der Waals surface area contributed by atoms with E-state index in [0.29, 0.717) is 48.3 Å². The van der Waals surface area contributed by atoms with E-state index < -0.39 is 21.7 Å². The number of fused-ring (bicyclic) bond motifs is 2. The second-order valence-corrected chi connectivity index (χ2v) is 20.7. The third kappa shape index (κ3) is 12.6. The molecule has 20 heteroatoms. The van der Waals surface area contributed by atoms with Gasteiger partial charge in [0.2, 0.25) is 21.9 Å². The number of halogens is 4. The summed E-state index contributed by atoms with van der Waals surface area (Å²) in [6.45, 7) is 10.2. The number of carbonyl (C=O) groups excluding carboxylic acids is 1. The number of aryl methyl sites for hydroxylation is 2. The molecule has 2 N–H and O–H groups in total. The quantitative estimate of drug-likeness (QED) is 0.140. The van der Waals surface area contributed by atoms with Crippen LogP contribution in [0.25, 0.3) is 44.3 Å². The van der Waals surface area contributed by atoms with Crippen molar-refractivity contribution in [2.24, 2.45) is 0 Å². The van der Waals surface area contributed by atoms with E-state index in [2.05, 4.69) is 41.0 Å². The molecule has 1 saturated heterocycles. The van der Waals surface area contributed by atoms with Crippen LogP contribution >= 0.6 is 46.4 Å². The summed E-state index contributed by atoms with van der Waals surface area (Å²) in [5, 5.41) is 25.6. The first kappa shape index (κ1) is 54.9. The van der Waals surface area contributed by atoms with Crippen LogP contribution in [0.15, 0.2) is 114 Å². The van der Waals surface area contributed by atoms with Crippen molar-refractivity contribution in [3.63, 3.8) is 0 Å². The van der Waals surface area contributed by atoms with Gasteiger partial charge in [0.25, 0.3) is 0 Å². The SMILES string of the molecule is C.C.COc1cccc(Nc2nnc3cc(-c4c(Cl)cccc4Cl)cc(C)c3n2)c1.Cc1cc(-c2c(Cl)cccc2Cl)cc2nnc(Nc3ccc(S(=O)(=O)N4CCN(C(=O)OC(C)(C)C)CC4)cc3)nc12. The number of anilines is 4. The lowest BCUT2D eigenvalue weighted by Gasteiger charge is -2.35. The molecule has 8 aromatic rings. The minimum atomic E-state index is -3.74. The van der Waals surface area contributed by atoms with Crippen LogP contribution in [0.2, 0.25) is 20.1 Å². The first-order chi connectivity index (χ1) is 33.4. The maximum absolute atomic E-state index is 13.2. The number of hydrogen-bond acceptors (Lipinski definition) is 13. The van der Waals surface area contributed by atoms with Crippen molar-refractivity contribution in [1.82, 2.24) is 39.6 Å². The van der Waals surface area contributed by atoms with Gasteiger partial charge in [0.05, 0.1) is 23.0 Å². The van der Waals surface area contributed by atoms with Crippen LogP contribution in [-0.2, 0) is 14.8 Å². The Morgan fingerprint density at radius 1 is 0.611 bits per heavy atom. The topological polar surface area (TPSA) is 178 Å². The highest BCUT2D eigenvalue weighted by atomic mass is 35.5. The summed E-state index contributed by atoms with van der Waals surface area (Å²) in [6, 6.07) is 32.3. The molecule has 0 spiro atoms. The number of hydrogen-bond donors (Lipinski definition) is 2. The molecule has 0 saturated carbocycles. The zero-order chi connectivity index (χ0) is 49.9. The van der Waals surface area contributed by atoms with Crippen LogP contribution in [0.1, 0.15) is 46.8 Å². The Morgan fingerprint density at radius 2 is 1.07 bits per heavy atom. The van der Waals surface area contributed by atoms with Gasteiger partial charge in [-0.3, -0.25) is 0 Å². The van der Waals surface area contributed by atoms with Gasteiger partial charge in [-0.2, -0.15) is 4.31 Å². The highest BCUT2D eigenvalue weighted by molar-refractivity contribution is 7.89. The molecule has 0 radical (unpaired) electrons. The summed E-state index contributed by atoms with van der Waals surface area (Å²) in [5.41, 5.74) is 8.47. The average molecular weight is 1070 g/mol. The molecule has 15 nitrogen and oxygen atoms in total. The van der Waals surface area contributed by atoms with Crippen molar-refractivity contribution in [3.05, 3.63) is 140 Å². The number of ether oxygens (including phenoxy) is 2. The molecular formula is C52H54Cl4N10O5S. The largest absolute Gasteiger partial charge is 0.497 e. The molecule has 72 heavy (non-hydrogen) atoms. The molecule has 0 bridgehead atoms. The molecule has 376 valence electrons. The second kappa shape index (κ2) is 23.0. The molecule has 0 atom stereocenters. The number of rotatable bonds is 9. The van der Waals surface area contributed by atoms with Crippen LogP contribution in [0.4, 0.5) is 28.1 Å². The molecule has 1 amide bonds. The maximum Gasteiger partial charge on any atom is 0.410 e. The van der Waals surface area contributed by atoms with Crippen molar-refractivity contribution < 1.29 is 22.7 Å². The molecule has 1 aliphatic rings.